The van der Waals surface area contributed by atoms with Gasteiger partial charge < -0.3 is 9.84 Å². The summed E-state index contributed by atoms with van der Waals surface area (Å²) in [5, 5.41) is 11.6. The number of rotatable bonds is 3. The summed E-state index contributed by atoms with van der Waals surface area (Å²) in [7, 11) is 1.75. The summed E-state index contributed by atoms with van der Waals surface area (Å²) in [6.45, 7) is 3.07. The Labute approximate surface area is 155 Å². The Morgan fingerprint density at radius 1 is 1.00 bits per heavy atom. The zero-order chi connectivity index (χ0) is 18.0. The van der Waals surface area contributed by atoms with Crippen LogP contribution in [0.25, 0.3) is 0 Å². The molecular formula is C23H25NO2. The molecule has 5 rings (SSSR count). The smallest absolute Gasteiger partial charge is 0.176 e. The third kappa shape index (κ3) is 2.95. The highest BCUT2D eigenvalue weighted by atomic mass is 16.5. The van der Waals surface area contributed by atoms with Gasteiger partial charge >= 0.3 is 0 Å². The van der Waals surface area contributed by atoms with Gasteiger partial charge in [-0.05, 0) is 25.9 Å². The van der Waals surface area contributed by atoms with Gasteiger partial charge in [-0.15, -0.1) is 0 Å². The predicted octanol–water partition coefficient (Wildman–Crippen LogP) is 3.04. The van der Waals surface area contributed by atoms with Crippen LogP contribution in [0, 0.1) is 17.8 Å². The molecule has 0 amide bonds. The van der Waals surface area contributed by atoms with Crippen LogP contribution >= 0.6 is 0 Å². The second-order valence-electron chi connectivity index (χ2n) is 7.34. The van der Waals surface area contributed by atoms with Gasteiger partial charge in [0.2, 0.25) is 0 Å². The first-order chi connectivity index (χ1) is 12.7. The number of piperidine rings is 3. The lowest BCUT2D eigenvalue weighted by atomic mass is 9.75. The summed E-state index contributed by atoms with van der Waals surface area (Å²) in [4.78, 5) is 2.42. The second-order valence-corrected chi connectivity index (χ2v) is 7.34. The number of fused-ring (bicyclic) bond motifs is 3. The highest BCUT2D eigenvalue weighted by Gasteiger charge is 2.46. The molecule has 3 fully saturated rings. The maximum Gasteiger partial charge on any atom is 0.176 e. The molecule has 134 valence electrons. The fourth-order valence-corrected chi connectivity index (χ4v) is 4.31. The first-order valence-electron chi connectivity index (χ1n) is 9.31. The number of hydrogen-bond donors (Lipinski definition) is 1. The summed E-state index contributed by atoms with van der Waals surface area (Å²) in [6, 6.07) is 19.4. The molecule has 0 saturated carbocycles. The largest absolute Gasteiger partial charge is 0.369 e. The van der Waals surface area contributed by atoms with Crippen LogP contribution in [0.5, 0.6) is 0 Å². The van der Waals surface area contributed by atoms with Gasteiger partial charge in [0.1, 0.15) is 5.60 Å². The molecule has 3 saturated heterocycles. The van der Waals surface area contributed by atoms with E-state index in [0.717, 1.165) is 43.6 Å². The fraction of sp³-hybridized carbons (Fsp3) is 0.391. The van der Waals surface area contributed by atoms with Crippen LogP contribution in [0.3, 0.4) is 0 Å². The highest BCUT2D eigenvalue weighted by molar-refractivity contribution is 5.45. The molecule has 1 atom stereocenters. The normalized spacial score (nSPS) is 27.6. The average molecular weight is 347 g/mol. The molecule has 3 aliphatic rings. The van der Waals surface area contributed by atoms with Crippen molar-refractivity contribution in [3.8, 4) is 11.8 Å². The van der Waals surface area contributed by atoms with Crippen molar-refractivity contribution in [1.82, 2.24) is 4.90 Å². The molecule has 3 aliphatic heterocycles. The lowest BCUT2D eigenvalue weighted by Crippen LogP contribution is -2.59. The topological polar surface area (TPSA) is 32.7 Å². The second kappa shape index (κ2) is 6.89. The zero-order valence-corrected chi connectivity index (χ0v) is 15.2. The van der Waals surface area contributed by atoms with Crippen LogP contribution in [-0.2, 0) is 10.3 Å². The molecule has 26 heavy (non-hydrogen) atoms. The van der Waals surface area contributed by atoms with E-state index in [1.165, 1.54) is 0 Å². The van der Waals surface area contributed by atoms with Gasteiger partial charge in [-0.1, -0.05) is 72.5 Å². The molecule has 1 N–H and O–H groups in total. The molecule has 0 unspecified atom stereocenters. The third-order valence-electron chi connectivity index (χ3n) is 5.91. The molecule has 3 nitrogen and oxygen atoms in total. The minimum atomic E-state index is -1.35. The molecule has 2 aromatic carbocycles. The quantitative estimate of drug-likeness (QED) is 0.867. The minimum Gasteiger partial charge on any atom is -0.369 e. The Hall–Kier alpha value is -2.12. The minimum absolute atomic E-state index is 0.431. The van der Waals surface area contributed by atoms with Gasteiger partial charge in [0.25, 0.3) is 0 Å². The van der Waals surface area contributed by atoms with E-state index >= 15 is 0 Å². The molecule has 3 heteroatoms. The van der Waals surface area contributed by atoms with E-state index in [4.69, 9.17) is 4.74 Å². The monoisotopic (exact) mass is 347 g/mol. The predicted molar refractivity (Wildman–Crippen MR) is 103 cm³/mol. The molecule has 3 heterocycles. The molecule has 0 aliphatic carbocycles. The number of benzene rings is 2. The SMILES string of the molecule is CO[C@@]1(C#CC(O)(c2ccccc2)c2ccccc2)CN2CCC1CC2. The maximum absolute atomic E-state index is 11.6. The first-order valence-corrected chi connectivity index (χ1v) is 9.31. The van der Waals surface area contributed by atoms with Gasteiger partial charge in [-0.3, -0.25) is 4.90 Å². The number of aliphatic hydroxyl groups is 1. The number of ether oxygens (including phenoxy) is 1. The summed E-state index contributed by atoms with van der Waals surface area (Å²) in [5.74, 6) is 7.05. The van der Waals surface area contributed by atoms with Crippen LogP contribution < -0.4 is 0 Å². The molecule has 0 spiro atoms. The molecule has 0 aromatic heterocycles. The van der Waals surface area contributed by atoms with E-state index in [2.05, 4.69) is 16.7 Å². The van der Waals surface area contributed by atoms with Crippen molar-refractivity contribution in [3.63, 3.8) is 0 Å². The van der Waals surface area contributed by atoms with Gasteiger partial charge in [0.15, 0.2) is 5.60 Å². The summed E-state index contributed by atoms with van der Waals surface area (Å²) in [5.41, 5.74) is -0.272. The van der Waals surface area contributed by atoms with Crippen molar-refractivity contribution >= 4 is 0 Å². The zero-order valence-electron chi connectivity index (χ0n) is 15.2. The van der Waals surface area contributed by atoms with Gasteiger partial charge in [0, 0.05) is 30.7 Å². The van der Waals surface area contributed by atoms with Gasteiger partial charge in [-0.2, -0.15) is 0 Å². The summed E-state index contributed by atoms with van der Waals surface area (Å²) < 4.78 is 5.95. The average Bonchev–Trinajstić information content (AvgIpc) is 2.74. The van der Waals surface area contributed by atoms with Crippen LogP contribution in [0.15, 0.2) is 60.7 Å². The van der Waals surface area contributed by atoms with Crippen molar-refractivity contribution in [2.24, 2.45) is 5.92 Å². The van der Waals surface area contributed by atoms with E-state index in [0.29, 0.717) is 5.92 Å². The van der Waals surface area contributed by atoms with Gasteiger partial charge in [-0.25, -0.2) is 0 Å². The first kappa shape index (κ1) is 17.3. The lowest BCUT2D eigenvalue weighted by molar-refractivity contribution is -0.0964. The van der Waals surface area contributed by atoms with Crippen molar-refractivity contribution < 1.29 is 9.84 Å². The van der Waals surface area contributed by atoms with Gasteiger partial charge in [0.05, 0.1) is 0 Å². The van der Waals surface area contributed by atoms with Crippen molar-refractivity contribution in [3.05, 3.63) is 71.8 Å². The van der Waals surface area contributed by atoms with Crippen LogP contribution in [0.1, 0.15) is 24.0 Å². The van der Waals surface area contributed by atoms with E-state index in [-0.39, 0.29) is 0 Å². The molecule has 0 radical (unpaired) electrons. The third-order valence-corrected chi connectivity index (χ3v) is 5.91. The summed E-state index contributed by atoms with van der Waals surface area (Å²) in [6.07, 6.45) is 2.22. The lowest BCUT2D eigenvalue weighted by Gasteiger charge is -2.49. The fourth-order valence-electron chi connectivity index (χ4n) is 4.31. The van der Waals surface area contributed by atoms with Crippen molar-refractivity contribution in [2.45, 2.75) is 24.0 Å². The van der Waals surface area contributed by atoms with Crippen LogP contribution in [-0.4, -0.2) is 42.4 Å². The van der Waals surface area contributed by atoms with E-state index in [1.807, 2.05) is 60.7 Å². The Bertz CT molecular complexity index is 761. The molecular weight excluding hydrogens is 322 g/mol. The molecule has 2 bridgehead atoms. The highest BCUT2D eigenvalue weighted by Crippen LogP contribution is 2.38. The number of methoxy groups -OCH3 is 1. The number of hydrogen-bond acceptors (Lipinski definition) is 3. The van der Waals surface area contributed by atoms with E-state index in [9.17, 15) is 5.11 Å². The maximum atomic E-state index is 11.6. The summed E-state index contributed by atoms with van der Waals surface area (Å²) >= 11 is 0. The number of nitrogens with zero attached hydrogens (tertiary/aromatic N) is 1. The van der Waals surface area contributed by atoms with E-state index in [1.54, 1.807) is 7.11 Å². The van der Waals surface area contributed by atoms with Crippen LogP contribution in [0.2, 0.25) is 0 Å². The standard InChI is InChI=1S/C23H25NO2/c1-26-22(18-24-16-12-19(22)13-17-24)14-15-23(25,20-8-4-2-5-9-20)21-10-6-3-7-11-21/h2-11,19,25H,12-13,16-18H2,1H3/t22-/m0/s1. The van der Waals surface area contributed by atoms with Crippen LogP contribution in [0.4, 0.5) is 0 Å². The Morgan fingerprint density at radius 2 is 1.54 bits per heavy atom. The Kier molecular flexibility index (Phi) is 4.58. The van der Waals surface area contributed by atoms with Crippen molar-refractivity contribution in [2.75, 3.05) is 26.7 Å². The Balaban J connectivity index is 1.79. The van der Waals surface area contributed by atoms with Crippen molar-refractivity contribution in [1.29, 1.82) is 0 Å². The Morgan fingerprint density at radius 3 is 1.96 bits per heavy atom. The molecule has 2 aromatic rings. The van der Waals surface area contributed by atoms with E-state index < -0.39 is 11.2 Å².